The number of aliphatic hydroxyl groups is 1. The minimum Gasteiger partial charge on any atom is -0.462 e. The van der Waals surface area contributed by atoms with E-state index in [0.29, 0.717) is 6.42 Å². The predicted octanol–water partition coefficient (Wildman–Crippen LogP) is 3.08. The van der Waals surface area contributed by atoms with E-state index in [0.717, 1.165) is 32.1 Å². The maximum absolute atomic E-state index is 11.2. The lowest BCUT2D eigenvalue weighted by atomic mass is 10.0. The molecule has 1 aromatic carbocycles. The monoisotopic (exact) mass is 318 g/mol. The van der Waals surface area contributed by atoms with Crippen molar-refractivity contribution >= 4 is 5.97 Å². The van der Waals surface area contributed by atoms with Crippen LogP contribution in [0.1, 0.15) is 60.3 Å². The number of aryl methyl sites for hydroxylation is 1. The summed E-state index contributed by atoms with van der Waals surface area (Å²) in [6.07, 6.45) is 4.92. The number of esters is 1. The highest BCUT2D eigenvalue weighted by atomic mass is 16.5. The van der Waals surface area contributed by atoms with E-state index in [9.17, 15) is 9.90 Å². The van der Waals surface area contributed by atoms with Gasteiger partial charge in [-0.1, -0.05) is 49.6 Å². The fraction of sp³-hybridized carbons (Fsp3) is 0.471. The summed E-state index contributed by atoms with van der Waals surface area (Å²) in [6.45, 7) is 0. The van der Waals surface area contributed by atoms with Crippen LogP contribution in [-0.4, -0.2) is 28.4 Å². The standard InChI is InChI=1S/C17H22N2O4/c1-22-17(21)16-19-18-15(23-16)14(20)12-8-3-2-5-9-13-10-6-4-7-11-13/h4,6-7,10-11,14,20H,2-3,5,8-9,12H2,1H3. The SMILES string of the molecule is COC(=O)c1nnc(C(O)CCCCCCc2ccccc2)o1. The zero-order valence-electron chi connectivity index (χ0n) is 13.3. The highest BCUT2D eigenvalue weighted by Crippen LogP contribution is 2.19. The molecule has 0 aliphatic heterocycles. The lowest BCUT2D eigenvalue weighted by molar-refractivity contribution is 0.0544. The molecule has 1 N–H and O–H groups in total. The van der Waals surface area contributed by atoms with Gasteiger partial charge in [-0.3, -0.25) is 0 Å². The lowest BCUT2D eigenvalue weighted by Gasteiger charge is -2.06. The summed E-state index contributed by atoms with van der Waals surface area (Å²) in [4.78, 5) is 11.2. The van der Waals surface area contributed by atoms with Crippen molar-refractivity contribution < 1.29 is 19.1 Å². The van der Waals surface area contributed by atoms with Gasteiger partial charge < -0.3 is 14.3 Å². The van der Waals surface area contributed by atoms with Crippen LogP contribution in [0.3, 0.4) is 0 Å². The number of carbonyl (C=O) groups excluding carboxylic acids is 1. The fourth-order valence-electron chi connectivity index (χ4n) is 2.33. The molecule has 0 aliphatic rings. The molecule has 1 atom stereocenters. The molecule has 1 aromatic heterocycles. The average molecular weight is 318 g/mol. The van der Waals surface area contributed by atoms with E-state index < -0.39 is 12.1 Å². The Hall–Kier alpha value is -2.21. The highest BCUT2D eigenvalue weighted by molar-refractivity contribution is 5.83. The van der Waals surface area contributed by atoms with Crippen LogP contribution >= 0.6 is 0 Å². The van der Waals surface area contributed by atoms with Gasteiger partial charge in [-0.2, -0.15) is 0 Å². The second-order valence-electron chi connectivity index (χ2n) is 5.39. The number of unbranched alkanes of at least 4 members (excludes halogenated alkanes) is 3. The minimum atomic E-state index is -0.838. The fourth-order valence-corrected chi connectivity index (χ4v) is 2.33. The van der Waals surface area contributed by atoms with Crippen LogP contribution in [-0.2, 0) is 11.2 Å². The largest absolute Gasteiger partial charge is 0.462 e. The first-order valence-corrected chi connectivity index (χ1v) is 7.84. The van der Waals surface area contributed by atoms with E-state index in [-0.39, 0.29) is 11.8 Å². The molecule has 0 aliphatic carbocycles. The molecule has 2 rings (SSSR count). The quantitative estimate of drug-likeness (QED) is 0.565. The van der Waals surface area contributed by atoms with Gasteiger partial charge in [-0.05, 0) is 24.8 Å². The topological polar surface area (TPSA) is 85.5 Å². The minimum absolute atomic E-state index is 0.0645. The molecule has 0 bridgehead atoms. The molecule has 6 heteroatoms. The number of hydrogen-bond donors (Lipinski definition) is 1. The van der Waals surface area contributed by atoms with Crippen LogP contribution in [0, 0.1) is 0 Å². The van der Waals surface area contributed by atoms with Crippen LogP contribution in [0.2, 0.25) is 0 Å². The number of carbonyl (C=O) groups is 1. The highest BCUT2D eigenvalue weighted by Gasteiger charge is 2.19. The van der Waals surface area contributed by atoms with Crippen molar-refractivity contribution in [1.82, 2.24) is 10.2 Å². The van der Waals surface area contributed by atoms with Crippen LogP contribution in [0.25, 0.3) is 0 Å². The molecule has 0 saturated carbocycles. The maximum atomic E-state index is 11.2. The number of aliphatic hydroxyl groups excluding tert-OH is 1. The third-order valence-corrected chi connectivity index (χ3v) is 3.62. The van der Waals surface area contributed by atoms with Crippen LogP contribution in [0.4, 0.5) is 0 Å². The molecule has 1 heterocycles. The van der Waals surface area contributed by atoms with Crippen LogP contribution < -0.4 is 0 Å². The maximum Gasteiger partial charge on any atom is 0.396 e. The zero-order chi connectivity index (χ0) is 16.5. The Morgan fingerprint density at radius 1 is 1.17 bits per heavy atom. The summed E-state index contributed by atoms with van der Waals surface area (Å²) in [6, 6.07) is 10.4. The number of ether oxygens (including phenoxy) is 1. The summed E-state index contributed by atoms with van der Waals surface area (Å²) in [7, 11) is 1.23. The van der Waals surface area contributed by atoms with Gasteiger partial charge >= 0.3 is 11.9 Å². The van der Waals surface area contributed by atoms with E-state index in [4.69, 9.17) is 4.42 Å². The van der Waals surface area contributed by atoms with E-state index in [1.54, 1.807) is 0 Å². The summed E-state index contributed by atoms with van der Waals surface area (Å²) in [5.41, 5.74) is 1.36. The summed E-state index contributed by atoms with van der Waals surface area (Å²) in [5, 5.41) is 17.2. The summed E-state index contributed by atoms with van der Waals surface area (Å²) < 4.78 is 9.56. The molecule has 124 valence electrons. The molecule has 1 unspecified atom stereocenters. The number of rotatable bonds is 9. The Labute approximate surface area is 135 Å². The third kappa shape index (κ3) is 5.49. The molecule has 0 radical (unpaired) electrons. The molecule has 23 heavy (non-hydrogen) atoms. The van der Waals surface area contributed by atoms with Gasteiger partial charge in [0.05, 0.1) is 7.11 Å². The zero-order valence-corrected chi connectivity index (χ0v) is 13.3. The van der Waals surface area contributed by atoms with Crippen molar-refractivity contribution in [3.63, 3.8) is 0 Å². The number of hydrogen-bond acceptors (Lipinski definition) is 6. The molecular formula is C17H22N2O4. The average Bonchev–Trinajstić information content (AvgIpc) is 3.08. The molecule has 0 fully saturated rings. The van der Waals surface area contributed by atoms with Gasteiger partial charge in [0, 0.05) is 0 Å². The van der Waals surface area contributed by atoms with E-state index in [1.165, 1.54) is 12.7 Å². The Bertz CT molecular complexity index is 598. The first-order chi connectivity index (χ1) is 11.2. The van der Waals surface area contributed by atoms with Crippen molar-refractivity contribution in [3.8, 4) is 0 Å². The Kier molecular flexibility index (Phi) is 6.75. The number of aromatic nitrogens is 2. The van der Waals surface area contributed by atoms with Gasteiger partial charge in [0.1, 0.15) is 6.10 Å². The third-order valence-electron chi connectivity index (χ3n) is 3.62. The normalized spacial score (nSPS) is 12.1. The first-order valence-electron chi connectivity index (χ1n) is 7.84. The number of methoxy groups -OCH3 is 1. The van der Waals surface area contributed by atoms with Crippen molar-refractivity contribution in [2.45, 2.75) is 44.6 Å². The van der Waals surface area contributed by atoms with Gasteiger partial charge in [0.2, 0.25) is 5.89 Å². The Morgan fingerprint density at radius 2 is 1.91 bits per heavy atom. The number of nitrogens with zero attached hydrogens (tertiary/aromatic N) is 2. The predicted molar refractivity (Wildman–Crippen MR) is 83.8 cm³/mol. The van der Waals surface area contributed by atoms with Crippen LogP contribution in [0.15, 0.2) is 34.7 Å². The van der Waals surface area contributed by atoms with Gasteiger partial charge in [0.15, 0.2) is 0 Å². The van der Waals surface area contributed by atoms with E-state index in [2.05, 4.69) is 39.2 Å². The Morgan fingerprint density at radius 3 is 2.65 bits per heavy atom. The lowest BCUT2D eigenvalue weighted by Crippen LogP contribution is -2.01. The number of benzene rings is 1. The van der Waals surface area contributed by atoms with Crippen LogP contribution in [0.5, 0.6) is 0 Å². The molecule has 0 spiro atoms. The second-order valence-corrected chi connectivity index (χ2v) is 5.39. The van der Waals surface area contributed by atoms with Crippen molar-refractivity contribution in [1.29, 1.82) is 0 Å². The second kappa shape index (κ2) is 9.05. The van der Waals surface area contributed by atoms with Crippen molar-refractivity contribution in [2.75, 3.05) is 7.11 Å². The van der Waals surface area contributed by atoms with E-state index >= 15 is 0 Å². The smallest absolute Gasteiger partial charge is 0.396 e. The van der Waals surface area contributed by atoms with Gasteiger partial charge in [0.25, 0.3) is 0 Å². The van der Waals surface area contributed by atoms with Gasteiger partial charge in [-0.15, -0.1) is 10.2 Å². The van der Waals surface area contributed by atoms with Crippen molar-refractivity contribution in [2.24, 2.45) is 0 Å². The summed E-state index contributed by atoms with van der Waals surface area (Å²) in [5.74, 6) is -0.865. The van der Waals surface area contributed by atoms with Gasteiger partial charge in [-0.25, -0.2) is 4.79 Å². The molecular weight excluding hydrogens is 296 g/mol. The molecule has 0 amide bonds. The Balaban J connectivity index is 1.62. The van der Waals surface area contributed by atoms with Crippen molar-refractivity contribution in [3.05, 3.63) is 47.7 Å². The molecule has 0 saturated heterocycles. The first kappa shape index (κ1) is 17.1. The molecule has 6 nitrogen and oxygen atoms in total. The summed E-state index contributed by atoms with van der Waals surface area (Å²) >= 11 is 0. The van der Waals surface area contributed by atoms with E-state index in [1.807, 2.05) is 6.07 Å². The molecule has 2 aromatic rings.